The average molecular weight is 559 g/mol. The average Bonchev–Trinajstić information content (AvgIpc) is 3.40. The minimum absolute atomic E-state index is 0.163. The number of piperazine rings is 1. The summed E-state index contributed by atoms with van der Waals surface area (Å²) in [5.74, 6) is 0.605. The molecule has 10 heteroatoms. The number of aromatic nitrogens is 2. The SMILES string of the molecule is CCc1cc(C)[nH]c(=O)c1CNC(=O)c1cc(-c2ccc(N3CCN(C(=O)O)CC3)nc2)cc2c1CCN2C(C)C. The van der Waals surface area contributed by atoms with Crippen molar-refractivity contribution in [3.63, 3.8) is 0 Å². The van der Waals surface area contributed by atoms with Crippen molar-refractivity contribution in [1.29, 1.82) is 0 Å². The Bertz CT molecular complexity index is 1510. The Morgan fingerprint density at radius 2 is 1.83 bits per heavy atom. The van der Waals surface area contributed by atoms with E-state index in [1.807, 2.05) is 44.3 Å². The maximum absolute atomic E-state index is 13.6. The molecule has 5 rings (SSSR count). The molecule has 2 aliphatic heterocycles. The fourth-order valence-electron chi connectivity index (χ4n) is 5.86. The number of aromatic amines is 1. The van der Waals surface area contributed by atoms with Crippen molar-refractivity contribution in [2.75, 3.05) is 42.5 Å². The van der Waals surface area contributed by atoms with Gasteiger partial charge in [0.1, 0.15) is 5.82 Å². The highest BCUT2D eigenvalue weighted by atomic mass is 16.4. The van der Waals surface area contributed by atoms with Crippen LogP contribution in [-0.2, 0) is 19.4 Å². The Balaban J connectivity index is 1.42. The zero-order chi connectivity index (χ0) is 29.3. The number of aryl methyl sites for hydroxylation is 2. The third-order valence-corrected chi connectivity index (χ3v) is 8.13. The maximum atomic E-state index is 13.6. The van der Waals surface area contributed by atoms with E-state index in [-0.39, 0.29) is 24.1 Å². The Hall–Kier alpha value is -4.34. The van der Waals surface area contributed by atoms with Crippen LogP contribution in [0.4, 0.5) is 16.3 Å². The van der Waals surface area contributed by atoms with Crippen molar-refractivity contribution >= 4 is 23.5 Å². The molecule has 0 unspecified atom stereocenters. The van der Waals surface area contributed by atoms with Crippen LogP contribution in [0.25, 0.3) is 11.1 Å². The molecule has 41 heavy (non-hydrogen) atoms. The molecule has 3 N–H and O–H groups in total. The number of carboxylic acid groups (broad SMARTS) is 1. The lowest BCUT2D eigenvalue weighted by Crippen LogP contribution is -2.48. The normalized spacial score (nSPS) is 14.9. The summed E-state index contributed by atoms with van der Waals surface area (Å²) in [6.07, 6.45) is 2.41. The largest absolute Gasteiger partial charge is 0.465 e. The van der Waals surface area contributed by atoms with Crippen molar-refractivity contribution in [1.82, 2.24) is 20.2 Å². The van der Waals surface area contributed by atoms with E-state index in [9.17, 15) is 19.5 Å². The van der Waals surface area contributed by atoms with E-state index in [4.69, 9.17) is 4.98 Å². The Morgan fingerprint density at radius 3 is 2.46 bits per heavy atom. The van der Waals surface area contributed by atoms with Gasteiger partial charge in [-0.3, -0.25) is 9.59 Å². The maximum Gasteiger partial charge on any atom is 0.407 e. The molecule has 0 atom stereocenters. The molecule has 0 bridgehead atoms. The van der Waals surface area contributed by atoms with E-state index < -0.39 is 6.09 Å². The summed E-state index contributed by atoms with van der Waals surface area (Å²) >= 11 is 0. The molecule has 0 spiro atoms. The first-order valence-electron chi connectivity index (χ1n) is 14.3. The van der Waals surface area contributed by atoms with Crippen LogP contribution in [-0.4, -0.2) is 70.7 Å². The number of anilines is 2. The molecule has 216 valence electrons. The molecule has 1 fully saturated rings. The Labute approximate surface area is 240 Å². The lowest BCUT2D eigenvalue weighted by molar-refractivity contribution is 0.0950. The number of carbonyl (C=O) groups excluding carboxylic acids is 1. The number of nitrogens with one attached hydrogen (secondary N) is 2. The summed E-state index contributed by atoms with van der Waals surface area (Å²) in [4.78, 5) is 50.9. The van der Waals surface area contributed by atoms with Crippen LogP contribution in [0.15, 0.2) is 41.3 Å². The molecule has 0 radical (unpaired) electrons. The van der Waals surface area contributed by atoms with E-state index in [2.05, 4.69) is 40.0 Å². The summed E-state index contributed by atoms with van der Waals surface area (Å²) in [6, 6.07) is 10.3. The summed E-state index contributed by atoms with van der Waals surface area (Å²) in [5.41, 5.74) is 6.67. The van der Waals surface area contributed by atoms with Crippen LogP contribution in [0.3, 0.4) is 0 Å². The molecular weight excluding hydrogens is 520 g/mol. The minimum Gasteiger partial charge on any atom is -0.465 e. The highest BCUT2D eigenvalue weighted by Gasteiger charge is 2.28. The van der Waals surface area contributed by atoms with Gasteiger partial charge < -0.3 is 30.1 Å². The highest BCUT2D eigenvalue weighted by Crippen LogP contribution is 2.37. The van der Waals surface area contributed by atoms with Gasteiger partial charge >= 0.3 is 6.09 Å². The number of hydrogen-bond acceptors (Lipinski definition) is 6. The van der Waals surface area contributed by atoms with Crippen molar-refractivity contribution in [2.45, 2.75) is 53.1 Å². The molecule has 2 aromatic heterocycles. The second kappa shape index (κ2) is 11.6. The highest BCUT2D eigenvalue weighted by molar-refractivity contribution is 5.99. The van der Waals surface area contributed by atoms with E-state index in [0.29, 0.717) is 43.7 Å². The van der Waals surface area contributed by atoms with Gasteiger partial charge in [-0.2, -0.15) is 0 Å². The number of hydrogen-bond donors (Lipinski definition) is 3. The van der Waals surface area contributed by atoms with Gasteiger partial charge in [-0.1, -0.05) is 6.92 Å². The third kappa shape index (κ3) is 5.77. The van der Waals surface area contributed by atoms with Crippen molar-refractivity contribution < 1.29 is 14.7 Å². The number of fused-ring (bicyclic) bond motifs is 1. The number of H-pyrrole nitrogens is 1. The van der Waals surface area contributed by atoms with Crippen LogP contribution in [0.2, 0.25) is 0 Å². The standard InChI is InChI=1S/C31H38N6O4/c1-5-21-14-20(4)34-30(39)26(21)18-33-29(38)25-15-23(16-27-24(25)8-9-37(27)19(2)3)22-6-7-28(32-17-22)35-10-12-36(13-11-35)31(40)41/h6-7,14-17,19H,5,8-13,18H2,1-4H3,(H,33,38)(H,34,39)(H,40,41). The predicted octanol–water partition coefficient (Wildman–Crippen LogP) is 3.81. The zero-order valence-electron chi connectivity index (χ0n) is 24.2. The summed E-state index contributed by atoms with van der Waals surface area (Å²) < 4.78 is 0. The fourth-order valence-corrected chi connectivity index (χ4v) is 5.86. The van der Waals surface area contributed by atoms with Gasteiger partial charge in [0, 0.05) is 79.6 Å². The van der Waals surface area contributed by atoms with Crippen LogP contribution in [0.5, 0.6) is 0 Å². The quantitative estimate of drug-likeness (QED) is 0.403. The number of nitrogens with zero attached hydrogens (tertiary/aromatic N) is 4. The van der Waals surface area contributed by atoms with Gasteiger partial charge in [0.15, 0.2) is 0 Å². The smallest absolute Gasteiger partial charge is 0.407 e. The molecular formula is C31H38N6O4. The summed E-state index contributed by atoms with van der Waals surface area (Å²) in [6.45, 7) is 11.2. The monoisotopic (exact) mass is 558 g/mol. The summed E-state index contributed by atoms with van der Waals surface area (Å²) in [7, 11) is 0. The van der Waals surface area contributed by atoms with Gasteiger partial charge in [-0.05, 0) is 80.6 Å². The van der Waals surface area contributed by atoms with E-state index >= 15 is 0 Å². The molecule has 2 amide bonds. The molecule has 2 aliphatic rings. The first-order valence-corrected chi connectivity index (χ1v) is 14.3. The number of amides is 2. The molecule has 10 nitrogen and oxygen atoms in total. The topological polar surface area (TPSA) is 122 Å². The Kier molecular flexibility index (Phi) is 8.01. The van der Waals surface area contributed by atoms with E-state index in [1.165, 1.54) is 4.90 Å². The van der Waals surface area contributed by atoms with Crippen molar-refractivity contribution in [3.8, 4) is 11.1 Å². The molecule has 0 saturated carbocycles. The third-order valence-electron chi connectivity index (χ3n) is 8.13. The minimum atomic E-state index is -0.892. The fraction of sp³-hybridized carbons (Fsp3) is 0.419. The van der Waals surface area contributed by atoms with E-state index in [1.54, 1.807) is 0 Å². The molecule has 1 saturated heterocycles. The van der Waals surface area contributed by atoms with Gasteiger partial charge in [0.25, 0.3) is 11.5 Å². The van der Waals surface area contributed by atoms with Gasteiger partial charge in [0.05, 0.1) is 0 Å². The lowest BCUT2D eigenvalue weighted by atomic mass is 9.97. The molecule has 0 aliphatic carbocycles. The van der Waals surface area contributed by atoms with Crippen LogP contribution in [0.1, 0.15) is 53.5 Å². The zero-order valence-corrected chi connectivity index (χ0v) is 24.2. The molecule has 1 aromatic carbocycles. The number of pyridine rings is 2. The molecule has 4 heterocycles. The van der Waals surface area contributed by atoms with E-state index in [0.717, 1.165) is 52.4 Å². The van der Waals surface area contributed by atoms with Gasteiger partial charge in [0.2, 0.25) is 0 Å². The Morgan fingerprint density at radius 1 is 1.07 bits per heavy atom. The van der Waals surface area contributed by atoms with Crippen LogP contribution >= 0.6 is 0 Å². The van der Waals surface area contributed by atoms with Crippen molar-refractivity contribution in [3.05, 3.63) is 74.8 Å². The van der Waals surface area contributed by atoms with Crippen LogP contribution < -0.4 is 20.7 Å². The first kappa shape index (κ1) is 28.2. The predicted molar refractivity (Wildman–Crippen MR) is 160 cm³/mol. The van der Waals surface area contributed by atoms with Gasteiger partial charge in [-0.15, -0.1) is 0 Å². The number of carbonyl (C=O) groups is 2. The molecule has 3 aromatic rings. The second-order valence-electron chi connectivity index (χ2n) is 11.0. The first-order chi connectivity index (χ1) is 19.7. The number of rotatable bonds is 7. The lowest BCUT2D eigenvalue weighted by Gasteiger charge is -2.33. The summed E-state index contributed by atoms with van der Waals surface area (Å²) in [5, 5.41) is 12.2. The number of benzene rings is 1. The van der Waals surface area contributed by atoms with Gasteiger partial charge in [-0.25, -0.2) is 9.78 Å². The van der Waals surface area contributed by atoms with Crippen molar-refractivity contribution in [2.24, 2.45) is 0 Å². The second-order valence-corrected chi connectivity index (χ2v) is 11.0. The van der Waals surface area contributed by atoms with Crippen LogP contribution in [0, 0.1) is 6.92 Å².